The highest BCUT2D eigenvalue weighted by Crippen LogP contribution is 2.41. The van der Waals surface area contributed by atoms with Crippen molar-refractivity contribution in [2.45, 2.75) is 70.5 Å². The smallest absolute Gasteiger partial charge is 0.184 e. The van der Waals surface area contributed by atoms with Crippen LogP contribution in [0.15, 0.2) is 28.7 Å². The summed E-state index contributed by atoms with van der Waals surface area (Å²) < 4.78 is 23.5. The van der Waals surface area contributed by atoms with Gasteiger partial charge in [0.15, 0.2) is 8.32 Å². The molecule has 1 fully saturated rings. The lowest BCUT2D eigenvalue weighted by molar-refractivity contribution is 0.0481. The van der Waals surface area contributed by atoms with E-state index in [-0.39, 0.29) is 12.0 Å². The molecule has 1 aromatic rings. The lowest BCUT2D eigenvalue weighted by atomic mass is 9.75. The first-order chi connectivity index (χ1) is 12.0. The van der Waals surface area contributed by atoms with Crippen molar-refractivity contribution in [3.63, 3.8) is 0 Å². The summed E-state index contributed by atoms with van der Waals surface area (Å²) in [4.78, 5) is 0. The number of benzene rings is 1. The summed E-state index contributed by atoms with van der Waals surface area (Å²) in [5.74, 6) is 0.912. The lowest BCUT2D eigenvalue weighted by Crippen LogP contribution is -2.49. The minimum absolute atomic E-state index is 0.172. The highest BCUT2D eigenvalue weighted by atomic mass is 35.5. The van der Waals surface area contributed by atoms with E-state index in [1.165, 1.54) is 0 Å². The molecule has 1 aliphatic carbocycles. The molecule has 26 heavy (non-hydrogen) atoms. The zero-order chi connectivity index (χ0) is 19.5. The Morgan fingerprint density at radius 2 is 2.00 bits per heavy atom. The first kappa shape index (κ1) is 21.8. The van der Waals surface area contributed by atoms with Gasteiger partial charge in [-0.25, -0.2) is 4.21 Å². The van der Waals surface area contributed by atoms with E-state index in [1.54, 1.807) is 6.21 Å². The minimum atomic E-state index is -1.66. The Morgan fingerprint density at radius 1 is 1.31 bits per heavy atom. The maximum absolute atomic E-state index is 13.1. The molecule has 146 valence electrons. The fourth-order valence-electron chi connectivity index (χ4n) is 3.67. The first-order valence-electron chi connectivity index (χ1n) is 9.38. The lowest BCUT2D eigenvalue weighted by Gasteiger charge is -2.44. The standard InChI is InChI=1S/C20H32ClNO2SSi/c1-15-10-11-18(19(12-15)24-26(4,5)6)20(2,3)25(23)22-14-16-8-7-9-17(21)13-16/h7-9,13-15,18-19H,10-12H2,1-6H3/b22-14+/t15-,18-,19-,25?/m1/s1. The summed E-state index contributed by atoms with van der Waals surface area (Å²) in [6, 6.07) is 7.44. The second-order valence-electron chi connectivity index (χ2n) is 8.94. The molecule has 6 heteroatoms. The van der Waals surface area contributed by atoms with Gasteiger partial charge in [0.25, 0.3) is 0 Å². The quantitative estimate of drug-likeness (QED) is 0.432. The Hall–Kier alpha value is -0.493. The monoisotopic (exact) mass is 413 g/mol. The molecule has 3 nitrogen and oxygen atoms in total. The molecule has 2 rings (SSSR count). The Kier molecular flexibility index (Phi) is 7.28. The summed E-state index contributed by atoms with van der Waals surface area (Å²) in [5, 5.41) is 0.656. The van der Waals surface area contributed by atoms with E-state index >= 15 is 0 Å². The maximum atomic E-state index is 13.1. The third-order valence-electron chi connectivity index (χ3n) is 5.05. The SMILES string of the molecule is C[C@@H]1CC[C@@H](C(C)(C)S(=O)/N=C/c2cccc(Cl)c2)[C@H](O[Si](C)(C)C)C1. The van der Waals surface area contributed by atoms with Gasteiger partial charge in [0.1, 0.15) is 11.0 Å². The maximum Gasteiger partial charge on any atom is 0.184 e. The Bertz CT molecular complexity index is 672. The third kappa shape index (κ3) is 6.01. The molecule has 0 spiro atoms. The van der Waals surface area contributed by atoms with Crippen LogP contribution in [0.3, 0.4) is 0 Å². The van der Waals surface area contributed by atoms with Crippen LogP contribution in [0.2, 0.25) is 24.7 Å². The highest BCUT2D eigenvalue weighted by Gasteiger charge is 2.44. The predicted molar refractivity (Wildman–Crippen MR) is 116 cm³/mol. The van der Waals surface area contributed by atoms with Crippen molar-refractivity contribution < 1.29 is 8.63 Å². The molecule has 0 bridgehead atoms. The predicted octanol–water partition coefficient (Wildman–Crippen LogP) is 5.86. The Morgan fingerprint density at radius 3 is 2.62 bits per heavy atom. The summed E-state index contributed by atoms with van der Waals surface area (Å²) in [6.07, 6.45) is 5.10. The van der Waals surface area contributed by atoms with Gasteiger partial charge in [0, 0.05) is 23.3 Å². The van der Waals surface area contributed by atoms with Gasteiger partial charge in [-0.1, -0.05) is 37.1 Å². The van der Waals surface area contributed by atoms with Crippen molar-refractivity contribution in [3.8, 4) is 0 Å². The van der Waals surface area contributed by atoms with Crippen LogP contribution in [0.1, 0.15) is 45.6 Å². The van der Waals surface area contributed by atoms with Gasteiger partial charge in [0.05, 0.1) is 4.75 Å². The van der Waals surface area contributed by atoms with E-state index in [0.717, 1.165) is 24.8 Å². The van der Waals surface area contributed by atoms with E-state index in [4.69, 9.17) is 16.0 Å². The molecule has 0 radical (unpaired) electrons. The number of nitrogens with zero attached hydrogens (tertiary/aromatic N) is 1. The number of hydrogen-bond acceptors (Lipinski definition) is 2. The highest BCUT2D eigenvalue weighted by molar-refractivity contribution is 7.85. The van der Waals surface area contributed by atoms with Crippen LogP contribution in [0, 0.1) is 11.8 Å². The summed E-state index contributed by atoms with van der Waals surface area (Å²) >= 11 is 6.02. The fraction of sp³-hybridized carbons (Fsp3) is 0.650. The van der Waals surface area contributed by atoms with Crippen LogP contribution in [-0.2, 0) is 15.4 Å². The molecular formula is C20H32ClNO2SSi. The van der Waals surface area contributed by atoms with Crippen LogP contribution in [0.25, 0.3) is 0 Å². The van der Waals surface area contributed by atoms with Crippen molar-refractivity contribution in [2.75, 3.05) is 0 Å². The zero-order valence-electron chi connectivity index (χ0n) is 16.8. The van der Waals surface area contributed by atoms with Crippen molar-refractivity contribution in [3.05, 3.63) is 34.9 Å². The molecule has 0 heterocycles. The average molecular weight is 414 g/mol. The van der Waals surface area contributed by atoms with Gasteiger partial charge in [0.2, 0.25) is 0 Å². The van der Waals surface area contributed by atoms with Crippen LogP contribution in [-0.4, -0.2) is 29.6 Å². The van der Waals surface area contributed by atoms with Gasteiger partial charge >= 0.3 is 0 Å². The molecule has 0 aliphatic heterocycles. The number of halogens is 1. The Labute approximate surface area is 167 Å². The van der Waals surface area contributed by atoms with E-state index in [0.29, 0.717) is 10.9 Å². The van der Waals surface area contributed by atoms with Gasteiger partial charge in [-0.05, 0) is 69.9 Å². The molecule has 1 saturated carbocycles. The molecule has 0 amide bonds. The van der Waals surface area contributed by atoms with E-state index in [1.807, 2.05) is 24.3 Å². The van der Waals surface area contributed by atoms with Crippen LogP contribution >= 0.6 is 11.6 Å². The fourth-order valence-corrected chi connectivity index (χ4v) is 6.05. The first-order valence-corrected chi connectivity index (χ1v) is 14.3. The van der Waals surface area contributed by atoms with Crippen molar-refractivity contribution in [1.82, 2.24) is 0 Å². The molecule has 1 aliphatic rings. The van der Waals surface area contributed by atoms with Crippen LogP contribution < -0.4 is 0 Å². The molecule has 0 saturated heterocycles. The summed E-state index contributed by atoms with van der Waals surface area (Å²) in [5.41, 5.74) is 0.869. The topological polar surface area (TPSA) is 38.7 Å². The molecule has 0 N–H and O–H groups in total. The van der Waals surface area contributed by atoms with Crippen molar-refractivity contribution in [1.29, 1.82) is 0 Å². The molecular weight excluding hydrogens is 382 g/mol. The van der Waals surface area contributed by atoms with Gasteiger partial charge in [-0.15, -0.1) is 0 Å². The summed E-state index contributed by atoms with van der Waals surface area (Å²) in [6.45, 7) is 13.1. The molecule has 1 aromatic carbocycles. The van der Waals surface area contributed by atoms with Gasteiger partial charge in [-0.3, -0.25) is 0 Å². The Balaban J connectivity index is 2.18. The van der Waals surface area contributed by atoms with Gasteiger partial charge < -0.3 is 4.43 Å². The van der Waals surface area contributed by atoms with Gasteiger partial charge in [-0.2, -0.15) is 4.40 Å². The minimum Gasteiger partial charge on any atom is -0.414 e. The molecule has 1 unspecified atom stereocenters. The van der Waals surface area contributed by atoms with Crippen molar-refractivity contribution >= 4 is 37.1 Å². The van der Waals surface area contributed by atoms with Crippen LogP contribution in [0.4, 0.5) is 0 Å². The second-order valence-corrected chi connectivity index (χ2v) is 15.6. The summed E-state index contributed by atoms with van der Waals surface area (Å²) in [7, 11) is -2.99. The number of hydrogen-bond donors (Lipinski definition) is 0. The van der Waals surface area contributed by atoms with E-state index in [2.05, 4.69) is 44.8 Å². The van der Waals surface area contributed by atoms with E-state index in [9.17, 15) is 4.21 Å². The average Bonchev–Trinajstić information content (AvgIpc) is 2.50. The molecule has 0 aromatic heterocycles. The largest absolute Gasteiger partial charge is 0.414 e. The normalized spacial score (nSPS) is 26.2. The second kappa shape index (κ2) is 8.68. The van der Waals surface area contributed by atoms with Crippen molar-refractivity contribution in [2.24, 2.45) is 16.2 Å². The van der Waals surface area contributed by atoms with E-state index < -0.39 is 24.1 Å². The zero-order valence-corrected chi connectivity index (χ0v) is 19.4. The molecule has 4 atom stereocenters. The number of rotatable bonds is 6. The third-order valence-corrected chi connectivity index (χ3v) is 7.79. The van der Waals surface area contributed by atoms with Crippen LogP contribution in [0.5, 0.6) is 0 Å².